The van der Waals surface area contributed by atoms with Crippen molar-refractivity contribution in [1.29, 1.82) is 0 Å². The number of carbonyl (C=O) groups is 2. The molecule has 0 bridgehead atoms. The number of amides is 1. The molecular formula is C12H21NO6S. The molecule has 1 aliphatic heterocycles. The Bertz CT molecular complexity index is 479. The van der Waals surface area contributed by atoms with E-state index in [-0.39, 0.29) is 18.9 Å². The van der Waals surface area contributed by atoms with Gasteiger partial charge in [0.05, 0.1) is 18.1 Å². The Morgan fingerprint density at radius 2 is 1.90 bits per heavy atom. The number of rotatable bonds is 2. The second-order valence-electron chi connectivity index (χ2n) is 5.56. The predicted molar refractivity (Wildman–Crippen MR) is 72.0 cm³/mol. The molecule has 1 amide bonds. The van der Waals surface area contributed by atoms with E-state index < -0.39 is 39.3 Å². The number of nitrogens with zero attached hydrogens (tertiary/aromatic N) is 1. The Labute approximate surface area is 119 Å². The zero-order valence-electron chi connectivity index (χ0n) is 12.2. The van der Waals surface area contributed by atoms with Crippen molar-refractivity contribution in [1.82, 2.24) is 4.90 Å². The predicted octanol–water partition coefficient (Wildman–Crippen LogP) is 0.584. The molecule has 0 aromatic carbocycles. The minimum absolute atomic E-state index is 0.0687. The second-order valence-corrected chi connectivity index (χ2v) is 7.78. The summed E-state index contributed by atoms with van der Waals surface area (Å²) in [7, 11) is -3.36. The summed E-state index contributed by atoms with van der Waals surface area (Å²) in [4.78, 5) is 25.0. The summed E-state index contributed by atoms with van der Waals surface area (Å²) in [6.07, 6.45) is -0.703. The van der Waals surface area contributed by atoms with Crippen LogP contribution in [0.3, 0.4) is 0 Å². The molecule has 0 aromatic rings. The topological polar surface area (TPSA) is 90.0 Å². The maximum absolute atomic E-state index is 12.0. The zero-order valence-corrected chi connectivity index (χ0v) is 13.0. The fourth-order valence-corrected chi connectivity index (χ4v) is 3.22. The molecule has 0 aromatic heterocycles. The van der Waals surface area contributed by atoms with Crippen molar-refractivity contribution < 1.29 is 27.5 Å². The minimum Gasteiger partial charge on any atom is -0.464 e. The molecule has 116 valence electrons. The molecule has 7 nitrogen and oxygen atoms in total. The molecule has 0 radical (unpaired) electrons. The first kappa shape index (κ1) is 16.7. The maximum Gasteiger partial charge on any atom is 0.411 e. The Hall–Kier alpha value is -1.31. The van der Waals surface area contributed by atoms with Crippen LogP contribution in [0.5, 0.6) is 0 Å². The van der Waals surface area contributed by atoms with Crippen molar-refractivity contribution in [3.8, 4) is 0 Å². The van der Waals surface area contributed by atoms with Gasteiger partial charge in [-0.25, -0.2) is 18.0 Å². The van der Waals surface area contributed by atoms with E-state index in [1.54, 1.807) is 27.7 Å². The number of hydrogen-bond donors (Lipinski definition) is 0. The van der Waals surface area contributed by atoms with Gasteiger partial charge < -0.3 is 9.47 Å². The van der Waals surface area contributed by atoms with E-state index in [2.05, 4.69) is 0 Å². The van der Waals surface area contributed by atoms with E-state index in [9.17, 15) is 18.0 Å². The quantitative estimate of drug-likeness (QED) is 0.693. The molecule has 1 fully saturated rings. The van der Waals surface area contributed by atoms with Gasteiger partial charge in [-0.05, 0) is 27.7 Å². The molecule has 1 aliphatic rings. The lowest BCUT2D eigenvalue weighted by Crippen LogP contribution is -2.56. The summed E-state index contributed by atoms with van der Waals surface area (Å²) in [6, 6.07) is -1.14. The lowest BCUT2D eigenvalue weighted by molar-refractivity contribution is -0.148. The van der Waals surface area contributed by atoms with E-state index in [1.165, 1.54) is 0 Å². The van der Waals surface area contributed by atoms with Crippen molar-refractivity contribution in [2.45, 2.75) is 39.3 Å². The van der Waals surface area contributed by atoms with Crippen LogP contribution in [-0.2, 0) is 24.1 Å². The SMILES string of the molecule is CCOC(=O)[C@@H]1CS(=O)(=O)CCN1C(=O)OC(C)(C)C. The number of hydrogen-bond acceptors (Lipinski definition) is 6. The van der Waals surface area contributed by atoms with E-state index in [0.29, 0.717) is 0 Å². The molecule has 8 heteroatoms. The average molecular weight is 307 g/mol. The maximum atomic E-state index is 12.0. The molecule has 1 heterocycles. The van der Waals surface area contributed by atoms with Crippen molar-refractivity contribution in [2.75, 3.05) is 24.7 Å². The lowest BCUT2D eigenvalue weighted by Gasteiger charge is -2.34. The Morgan fingerprint density at radius 3 is 2.40 bits per heavy atom. The highest BCUT2D eigenvalue weighted by atomic mass is 32.2. The molecule has 0 saturated carbocycles. The number of esters is 1. The van der Waals surface area contributed by atoms with Gasteiger partial charge in [0, 0.05) is 6.54 Å². The van der Waals surface area contributed by atoms with Gasteiger partial charge in [0.15, 0.2) is 9.84 Å². The van der Waals surface area contributed by atoms with Gasteiger partial charge in [-0.2, -0.15) is 0 Å². The Balaban J connectivity index is 2.91. The third kappa shape index (κ3) is 4.66. The first-order valence-electron chi connectivity index (χ1n) is 6.42. The smallest absolute Gasteiger partial charge is 0.411 e. The van der Waals surface area contributed by atoms with Gasteiger partial charge in [-0.3, -0.25) is 4.90 Å². The molecule has 0 spiro atoms. The zero-order chi connectivity index (χ0) is 15.6. The third-order valence-electron chi connectivity index (χ3n) is 2.62. The summed E-state index contributed by atoms with van der Waals surface area (Å²) in [5.41, 5.74) is -0.716. The van der Waals surface area contributed by atoms with Gasteiger partial charge in [0.2, 0.25) is 0 Å². The molecule has 20 heavy (non-hydrogen) atoms. The second kappa shape index (κ2) is 5.99. The van der Waals surface area contributed by atoms with Crippen LogP contribution < -0.4 is 0 Å². The van der Waals surface area contributed by atoms with Crippen LogP contribution in [0.2, 0.25) is 0 Å². The van der Waals surface area contributed by atoms with Crippen LogP contribution in [0.15, 0.2) is 0 Å². The van der Waals surface area contributed by atoms with Crippen molar-refractivity contribution in [3.63, 3.8) is 0 Å². The van der Waals surface area contributed by atoms with E-state index in [0.717, 1.165) is 4.90 Å². The summed E-state index contributed by atoms with van der Waals surface area (Å²) in [5, 5.41) is 0. The monoisotopic (exact) mass is 307 g/mol. The highest BCUT2D eigenvalue weighted by Crippen LogP contribution is 2.18. The Morgan fingerprint density at radius 1 is 1.30 bits per heavy atom. The largest absolute Gasteiger partial charge is 0.464 e. The number of sulfone groups is 1. The van der Waals surface area contributed by atoms with Crippen LogP contribution >= 0.6 is 0 Å². The van der Waals surface area contributed by atoms with Crippen LogP contribution in [0.4, 0.5) is 4.79 Å². The van der Waals surface area contributed by atoms with Crippen LogP contribution in [-0.4, -0.2) is 61.7 Å². The standard InChI is InChI=1S/C12H21NO6S/c1-5-18-10(14)9-8-20(16,17)7-6-13(9)11(15)19-12(2,3)4/h9H,5-8H2,1-4H3/t9-/m0/s1. The first-order chi connectivity index (χ1) is 9.06. The number of ether oxygens (including phenoxy) is 2. The highest BCUT2D eigenvalue weighted by Gasteiger charge is 2.41. The molecule has 0 unspecified atom stereocenters. The molecule has 0 N–H and O–H groups in total. The van der Waals surface area contributed by atoms with Gasteiger partial charge in [-0.1, -0.05) is 0 Å². The van der Waals surface area contributed by atoms with Crippen LogP contribution in [0.25, 0.3) is 0 Å². The van der Waals surface area contributed by atoms with Crippen molar-refractivity contribution in [3.05, 3.63) is 0 Å². The summed E-state index contributed by atoms with van der Waals surface area (Å²) in [5.74, 6) is -1.32. The van der Waals surface area contributed by atoms with E-state index in [1.807, 2.05) is 0 Å². The van der Waals surface area contributed by atoms with Crippen molar-refractivity contribution in [2.24, 2.45) is 0 Å². The molecule has 0 aliphatic carbocycles. The molecule has 1 rings (SSSR count). The summed E-state index contributed by atoms with van der Waals surface area (Å²) in [6.45, 7) is 6.77. The van der Waals surface area contributed by atoms with Crippen molar-refractivity contribution >= 4 is 21.9 Å². The summed E-state index contributed by atoms with van der Waals surface area (Å²) < 4.78 is 33.3. The van der Waals surface area contributed by atoms with E-state index >= 15 is 0 Å². The minimum atomic E-state index is -3.36. The normalized spacial score (nSPS) is 22.2. The fourth-order valence-electron chi connectivity index (χ4n) is 1.78. The summed E-state index contributed by atoms with van der Waals surface area (Å²) >= 11 is 0. The highest BCUT2D eigenvalue weighted by molar-refractivity contribution is 7.91. The first-order valence-corrected chi connectivity index (χ1v) is 8.24. The number of carbonyl (C=O) groups excluding carboxylic acids is 2. The lowest BCUT2D eigenvalue weighted by atomic mass is 10.2. The van der Waals surface area contributed by atoms with Gasteiger partial charge in [0.25, 0.3) is 0 Å². The third-order valence-corrected chi connectivity index (χ3v) is 4.25. The molecule has 1 atom stereocenters. The molecule has 1 saturated heterocycles. The van der Waals surface area contributed by atoms with Crippen LogP contribution in [0.1, 0.15) is 27.7 Å². The Kier molecular flexibility index (Phi) is 5.01. The van der Waals surface area contributed by atoms with Gasteiger partial charge in [0.1, 0.15) is 11.6 Å². The fraction of sp³-hybridized carbons (Fsp3) is 0.833. The average Bonchev–Trinajstić information content (AvgIpc) is 2.25. The van der Waals surface area contributed by atoms with Gasteiger partial charge >= 0.3 is 12.1 Å². The van der Waals surface area contributed by atoms with Gasteiger partial charge in [-0.15, -0.1) is 0 Å². The van der Waals surface area contributed by atoms with E-state index in [4.69, 9.17) is 9.47 Å². The van der Waals surface area contributed by atoms with Crippen LogP contribution in [0, 0.1) is 0 Å². The molecular weight excluding hydrogens is 286 g/mol.